The number of methoxy groups -OCH3 is 1. The number of nitrogens with zero attached hydrogens (tertiary/aromatic N) is 2. The van der Waals surface area contributed by atoms with E-state index in [1.807, 2.05) is 37.2 Å². The molecule has 2 aromatic carbocycles. The van der Waals surface area contributed by atoms with Crippen LogP contribution >= 0.6 is 0 Å². The lowest BCUT2D eigenvalue weighted by Gasteiger charge is -2.10. The van der Waals surface area contributed by atoms with Gasteiger partial charge in [0.1, 0.15) is 5.75 Å². The van der Waals surface area contributed by atoms with Gasteiger partial charge in [0.2, 0.25) is 0 Å². The Balaban J connectivity index is 2.28. The summed E-state index contributed by atoms with van der Waals surface area (Å²) in [4.78, 5) is 6.60. The minimum absolute atomic E-state index is 0.536. The summed E-state index contributed by atoms with van der Waals surface area (Å²) >= 11 is 0. The fourth-order valence-corrected chi connectivity index (χ4v) is 2.11. The number of aromatic nitrogens is 1. The van der Waals surface area contributed by atoms with Crippen LogP contribution in [0.5, 0.6) is 5.75 Å². The highest BCUT2D eigenvalue weighted by Crippen LogP contribution is 2.30. The second kappa shape index (κ2) is 4.52. The highest BCUT2D eigenvalue weighted by atomic mass is 16.5. The molecule has 5 heteroatoms. The summed E-state index contributed by atoms with van der Waals surface area (Å²) in [7, 11) is 5.55. The van der Waals surface area contributed by atoms with Gasteiger partial charge in [-0.05, 0) is 12.1 Å². The van der Waals surface area contributed by atoms with E-state index in [9.17, 15) is 0 Å². The molecule has 0 aliphatic heterocycles. The average Bonchev–Trinajstić information content (AvgIpc) is 2.43. The van der Waals surface area contributed by atoms with Crippen molar-refractivity contribution in [2.45, 2.75) is 0 Å². The molecule has 0 unspecified atom stereocenters. The molecular formula is C15H16N3O2+. The van der Waals surface area contributed by atoms with Crippen molar-refractivity contribution in [2.24, 2.45) is 0 Å². The second-order valence-electron chi connectivity index (χ2n) is 4.82. The van der Waals surface area contributed by atoms with Crippen LogP contribution in [-0.4, -0.2) is 26.2 Å². The smallest absolute Gasteiger partial charge is 0.381 e. The van der Waals surface area contributed by atoms with Crippen LogP contribution in [0.1, 0.15) is 0 Å². The van der Waals surface area contributed by atoms with Crippen LogP contribution in [0.15, 0.2) is 34.7 Å². The summed E-state index contributed by atoms with van der Waals surface area (Å²) < 4.78 is 11.1. The molecule has 0 radical (unpaired) electrons. The molecule has 0 aliphatic rings. The minimum atomic E-state index is 0.536. The lowest BCUT2D eigenvalue weighted by molar-refractivity contribution is 0.417. The van der Waals surface area contributed by atoms with Gasteiger partial charge in [0.05, 0.1) is 24.9 Å². The number of ether oxygens (including phenoxy) is 1. The third kappa shape index (κ3) is 1.97. The predicted octanol–water partition coefficient (Wildman–Crippen LogP) is 2.92. The fourth-order valence-electron chi connectivity index (χ4n) is 2.11. The highest BCUT2D eigenvalue weighted by molar-refractivity contribution is 5.87. The van der Waals surface area contributed by atoms with Gasteiger partial charge >= 0.3 is 11.2 Å². The Bertz CT molecular complexity index is 800. The molecule has 0 fully saturated rings. The quantitative estimate of drug-likeness (QED) is 0.440. The maximum atomic E-state index is 5.90. The third-order valence-corrected chi connectivity index (χ3v) is 3.23. The van der Waals surface area contributed by atoms with Gasteiger partial charge in [-0.1, -0.05) is 0 Å². The molecule has 0 spiro atoms. The molecule has 0 amide bonds. The fraction of sp³-hybridized carbons (Fsp3) is 0.200. The molecule has 0 saturated carbocycles. The average molecular weight is 270 g/mol. The van der Waals surface area contributed by atoms with Gasteiger partial charge in [0.25, 0.3) is 0 Å². The lowest BCUT2D eigenvalue weighted by atomic mass is 10.2. The Kier molecular flexibility index (Phi) is 2.82. The maximum absolute atomic E-state index is 5.90. The van der Waals surface area contributed by atoms with Crippen LogP contribution in [0.25, 0.3) is 22.2 Å². The van der Waals surface area contributed by atoms with Crippen LogP contribution in [0.3, 0.4) is 0 Å². The summed E-state index contributed by atoms with van der Waals surface area (Å²) in [6, 6.07) is 9.43. The van der Waals surface area contributed by atoms with Crippen molar-refractivity contribution in [3.05, 3.63) is 30.3 Å². The van der Waals surface area contributed by atoms with Crippen LogP contribution in [0.4, 0.5) is 11.4 Å². The summed E-state index contributed by atoms with van der Waals surface area (Å²) in [6.07, 6.45) is 0. The van der Waals surface area contributed by atoms with Gasteiger partial charge < -0.3 is 15.4 Å². The van der Waals surface area contributed by atoms with Crippen molar-refractivity contribution in [3.63, 3.8) is 0 Å². The molecule has 3 rings (SSSR count). The normalized spacial score (nSPS) is 10.9. The molecular weight excluding hydrogens is 254 g/mol. The first-order chi connectivity index (χ1) is 9.58. The SMILES string of the molecule is COc1cc2nc3ccc(N(C)C)cc3[o+]c2cc1N. The predicted molar refractivity (Wildman–Crippen MR) is 81.2 cm³/mol. The van der Waals surface area contributed by atoms with Crippen molar-refractivity contribution in [3.8, 4) is 5.75 Å². The molecule has 2 N–H and O–H groups in total. The molecule has 20 heavy (non-hydrogen) atoms. The Morgan fingerprint density at radius 2 is 1.85 bits per heavy atom. The number of benzene rings is 2. The first-order valence-electron chi connectivity index (χ1n) is 6.27. The minimum Gasteiger partial charge on any atom is -0.495 e. The van der Waals surface area contributed by atoms with E-state index in [2.05, 4.69) is 4.98 Å². The van der Waals surface area contributed by atoms with Gasteiger partial charge in [0, 0.05) is 25.8 Å². The standard InChI is InChI=1S/C15H16N3O2/c1-18(2)9-4-5-11-14(6-9)20-15-7-10(16)13(19-3)8-12(15)17-11/h4-8H,16H2,1-3H3/q+1. The van der Waals surface area contributed by atoms with E-state index in [4.69, 9.17) is 14.9 Å². The molecule has 0 atom stereocenters. The Labute approximate surface area is 116 Å². The van der Waals surface area contributed by atoms with Crippen molar-refractivity contribution >= 4 is 33.6 Å². The summed E-state index contributed by atoms with van der Waals surface area (Å²) in [6.45, 7) is 0. The van der Waals surface area contributed by atoms with Gasteiger partial charge in [-0.25, -0.2) is 9.40 Å². The molecule has 3 aromatic rings. The summed E-state index contributed by atoms with van der Waals surface area (Å²) in [5.74, 6) is 0.601. The van der Waals surface area contributed by atoms with E-state index >= 15 is 0 Å². The topological polar surface area (TPSA) is 62.7 Å². The van der Waals surface area contributed by atoms with Crippen molar-refractivity contribution in [1.82, 2.24) is 4.98 Å². The van der Waals surface area contributed by atoms with E-state index in [1.165, 1.54) is 0 Å². The zero-order valence-electron chi connectivity index (χ0n) is 11.7. The number of hydrogen-bond acceptors (Lipinski definition) is 4. The number of rotatable bonds is 2. The maximum Gasteiger partial charge on any atom is 0.381 e. The van der Waals surface area contributed by atoms with E-state index in [-0.39, 0.29) is 0 Å². The molecule has 1 aromatic heterocycles. The Hall–Kier alpha value is -2.56. The van der Waals surface area contributed by atoms with Crippen LogP contribution in [-0.2, 0) is 0 Å². The summed E-state index contributed by atoms with van der Waals surface area (Å²) in [5, 5.41) is 0. The van der Waals surface area contributed by atoms with Crippen LogP contribution in [0.2, 0.25) is 0 Å². The van der Waals surface area contributed by atoms with Crippen molar-refractivity contribution < 1.29 is 9.15 Å². The first kappa shape index (κ1) is 12.5. The first-order valence-corrected chi connectivity index (χ1v) is 6.27. The third-order valence-electron chi connectivity index (χ3n) is 3.23. The highest BCUT2D eigenvalue weighted by Gasteiger charge is 2.17. The van der Waals surface area contributed by atoms with Crippen LogP contribution in [0, 0.1) is 0 Å². The zero-order valence-corrected chi connectivity index (χ0v) is 11.7. The largest absolute Gasteiger partial charge is 0.495 e. The monoisotopic (exact) mass is 270 g/mol. The van der Waals surface area contributed by atoms with Gasteiger partial charge in [0.15, 0.2) is 11.0 Å². The van der Waals surface area contributed by atoms with E-state index in [0.717, 1.165) is 22.3 Å². The summed E-state index contributed by atoms with van der Waals surface area (Å²) in [5.41, 5.74) is 10.4. The van der Waals surface area contributed by atoms with E-state index in [1.54, 1.807) is 19.2 Å². The van der Waals surface area contributed by atoms with Gasteiger partial charge in [-0.15, -0.1) is 0 Å². The number of fused-ring (bicyclic) bond motifs is 2. The number of anilines is 2. The Morgan fingerprint density at radius 3 is 2.55 bits per heavy atom. The van der Waals surface area contributed by atoms with E-state index < -0.39 is 0 Å². The molecule has 0 saturated heterocycles. The van der Waals surface area contributed by atoms with Crippen molar-refractivity contribution in [2.75, 3.05) is 31.8 Å². The molecule has 0 aliphatic carbocycles. The van der Waals surface area contributed by atoms with E-state index in [0.29, 0.717) is 17.0 Å². The number of hydrogen-bond donors (Lipinski definition) is 1. The van der Waals surface area contributed by atoms with Gasteiger partial charge in [-0.3, -0.25) is 0 Å². The van der Waals surface area contributed by atoms with Gasteiger partial charge in [-0.2, -0.15) is 0 Å². The molecule has 102 valence electrons. The molecule has 0 bridgehead atoms. The number of nitrogens with two attached hydrogens (primary N) is 1. The molecule has 5 nitrogen and oxygen atoms in total. The van der Waals surface area contributed by atoms with Crippen LogP contribution < -0.4 is 15.4 Å². The lowest BCUT2D eigenvalue weighted by Crippen LogP contribution is -2.08. The second-order valence-corrected chi connectivity index (χ2v) is 4.82. The Morgan fingerprint density at radius 1 is 1.10 bits per heavy atom. The zero-order chi connectivity index (χ0) is 14.3. The number of nitrogen functional groups attached to an aromatic ring is 1. The molecule has 1 heterocycles. The van der Waals surface area contributed by atoms with Crippen molar-refractivity contribution in [1.29, 1.82) is 0 Å².